The molecular formula is C60H53ClN14O7. The number of likely N-dealkylation sites (tertiary alicyclic amines) is 1. The van der Waals surface area contributed by atoms with Gasteiger partial charge >= 0.3 is 5.97 Å². The number of rotatable bonds is 12. The van der Waals surface area contributed by atoms with Crippen LogP contribution in [0.15, 0.2) is 171 Å². The van der Waals surface area contributed by atoms with E-state index in [1.807, 2.05) is 42.6 Å². The Kier molecular flexibility index (Phi) is 18.3. The van der Waals surface area contributed by atoms with Gasteiger partial charge in [-0.1, -0.05) is 71.8 Å². The Morgan fingerprint density at radius 3 is 1.34 bits per heavy atom. The lowest BCUT2D eigenvalue weighted by Crippen LogP contribution is -2.40. The van der Waals surface area contributed by atoms with Crippen molar-refractivity contribution < 1.29 is 33.8 Å². The van der Waals surface area contributed by atoms with E-state index >= 15 is 0 Å². The molecule has 8 aromatic heterocycles. The Labute approximate surface area is 475 Å². The predicted octanol–water partition coefficient (Wildman–Crippen LogP) is 8.51. The first-order valence-corrected chi connectivity index (χ1v) is 25.7. The number of carboxylic acids is 1. The molecular weight excluding hydrogens is 1060 g/mol. The zero-order valence-electron chi connectivity index (χ0n) is 44.4. The lowest BCUT2D eigenvalue weighted by molar-refractivity contribution is -0.131. The molecule has 12 rings (SSSR count). The van der Waals surface area contributed by atoms with E-state index in [0.717, 1.165) is 48.5 Å². The van der Waals surface area contributed by atoms with Gasteiger partial charge in [-0.2, -0.15) is 0 Å². The van der Waals surface area contributed by atoms with Crippen LogP contribution in [0.1, 0.15) is 68.9 Å². The number of piperidine rings is 2. The van der Waals surface area contributed by atoms with Gasteiger partial charge in [0.05, 0.1) is 95.7 Å². The number of halogens is 1. The van der Waals surface area contributed by atoms with Crippen LogP contribution in [0.4, 0.5) is 0 Å². The summed E-state index contributed by atoms with van der Waals surface area (Å²) < 4.78 is 10.7. The normalized spacial score (nSPS) is 12.9. The number of carbonyl (C=O) groups is 4. The molecule has 10 heterocycles. The van der Waals surface area contributed by atoms with Crippen LogP contribution in [0.2, 0.25) is 0 Å². The Morgan fingerprint density at radius 1 is 0.512 bits per heavy atom. The Balaban J connectivity index is 0.000000162. The summed E-state index contributed by atoms with van der Waals surface area (Å²) in [5.74, 6) is -3.04. The van der Waals surface area contributed by atoms with Crippen molar-refractivity contribution in [3.05, 3.63) is 205 Å². The van der Waals surface area contributed by atoms with Crippen LogP contribution in [0, 0.1) is 0 Å². The predicted molar refractivity (Wildman–Crippen MR) is 308 cm³/mol. The number of carboxylic acid groups (broad SMARTS) is 1. The first-order valence-electron chi connectivity index (χ1n) is 25.7. The third-order valence-corrected chi connectivity index (χ3v) is 13.6. The van der Waals surface area contributed by atoms with E-state index in [9.17, 15) is 19.2 Å². The lowest BCUT2D eigenvalue weighted by Gasteiger charge is -2.29. The second-order valence-corrected chi connectivity index (χ2v) is 18.3. The number of hydrogen-bond donors (Lipinski definition) is 4. The van der Waals surface area contributed by atoms with Gasteiger partial charge in [0.25, 0.3) is 17.5 Å². The molecule has 21 nitrogen and oxygen atoms in total. The zero-order valence-corrected chi connectivity index (χ0v) is 45.2. The number of Topliss-reactive ketones (excluding diaryl/α,β-unsaturated/α-hetero) is 2. The molecule has 82 heavy (non-hydrogen) atoms. The van der Waals surface area contributed by atoms with Crippen molar-refractivity contribution in [2.45, 2.75) is 25.7 Å². The number of ether oxygens (including phenoxy) is 2. The highest BCUT2D eigenvalue weighted by atomic mass is 35.5. The minimum atomic E-state index is -1.54. The van der Waals surface area contributed by atoms with E-state index in [-0.39, 0.29) is 23.5 Å². The van der Waals surface area contributed by atoms with Crippen LogP contribution in [0.3, 0.4) is 0 Å². The maximum Gasteiger partial charge on any atom is 0.377 e. The summed E-state index contributed by atoms with van der Waals surface area (Å²) in [6.07, 6.45) is 28.9. The molecule has 412 valence electrons. The lowest BCUT2D eigenvalue weighted by atomic mass is 9.91. The van der Waals surface area contributed by atoms with Gasteiger partial charge in [0.15, 0.2) is 0 Å². The van der Waals surface area contributed by atoms with Gasteiger partial charge in [-0.15, -0.1) is 12.4 Å². The second-order valence-electron chi connectivity index (χ2n) is 18.3. The molecule has 0 spiro atoms. The molecule has 0 atom stereocenters. The monoisotopic (exact) mass is 1120 g/mol. The first-order chi connectivity index (χ1) is 39.7. The van der Waals surface area contributed by atoms with Crippen molar-refractivity contribution in [1.29, 1.82) is 0 Å². The standard InChI is InChI=1S/C30H25N7O3.C16H17N3.C14H10N4O4.ClH/c1-40-24-18-36-27(23-17-32-10-12-34-23)28-26(24)21(15-35-28)29(38)30(39)37-13-7-20(8-14-37)25(19-5-3-2-4-6-19)22-16-31-9-11-33-22;1-2-4-13(5-3-1)16(14-6-8-17-9-7-14)15-12-18-10-11-19-15;1-22-9-6-18-11(8-5-15-2-3-16-8)12-10(9)7(4-17-12)13(19)14(20)21;/h2-6,9-12,15-18,35H,7-8,13-14H2,1H3;1-5,10-12,17H,6-9H2;2-6,17H,1H3,(H,20,21);1H. The van der Waals surface area contributed by atoms with Gasteiger partial charge in [-0.05, 0) is 49.9 Å². The molecule has 10 aromatic rings. The minimum Gasteiger partial charge on any atom is -0.494 e. The largest absolute Gasteiger partial charge is 0.494 e. The van der Waals surface area contributed by atoms with Crippen molar-refractivity contribution >= 4 is 68.8 Å². The van der Waals surface area contributed by atoms with Crippen LogP contribution in [0.5, 0.6) is 11.5 Å². The fourth-order valence-electron chi connectivity index (χ4n) is 9.85. The Hall–Kier alpha value is -10.3. The number of aromatic amines is 2. The Morgan fingerprint density at radius 2 is 0.939 bits per heavy atom. The van der Waals surface area contributed by atoms with Crippen molar-refractivity contribution in [1.82, 2.24) is 70.0 Å². The molecule has 0 aliphatic carbocycles. The number of benzene rings is 2. The van der Waals surface area contributed by atoms with E-state index in [0.29, 0.717) is 82.0 Å². The number of ketones is 2. The highest BCUT2D eigenvalue weighted by molar-refractivity contribution is 6.45. The van der Waals surface area contributed by atoms with Gasteiger partial charge < -0.3 is 34.8 Å². The number of amides is 1. The van der Waals surface area contributed by atoms with Crippen molar-refractivity contribution in [3.8, 4) is 34.3 Å². The number of aromatic nitrogens is 12. The molecule has 2 fully saturated rings. The van der Waals surface area contributed by atoms with E-state index in [1.54, 1.807) is 54.5 Å². The summed E-state index contributed by atoms with van der Waals surface area (Å²) >= 11 is 0. The van der Waals surface area contributed by atoms with Gasteiger partial charge in [0.2, 0.25) is 0 Å². The van der Waals surface area contributed by atoms with Crippen LogP contribution >= 0.6 is 12.4 Å². The van der Waals surface area contributed by atoms with Gasteiger partial charge in [0, 0.05) is 86.2 Å². The van der Waals surface area contributed by atoms with Gasteiger partial charge in [0.1, 0.15) is 34.3 Å². The SMILES string of the molecule is COc1cnc(-c2cnccn2)c2[nH]cc(C(=O)C(=O)N3CCC(=C(c4ccccc4)c4cnccn4)CC3)c12.COc1cnc(-c2cnccn2)c2[nH]cc(C(=O)C(=O)O)c12.Cl.c1ccc(C(=C2CCNCC2)c2cnccn2)cc1. The number of aliphatic carboxylic acids is 1. The fraction of sp³-hybridized carbons (Fsp3) is 0.167. The molecule has 2 saturated heterocycles. The number of pyridine rings is 2. The number of hydrogen-bond acceptors (Lipinski definition) is 17. The quantitative estimate of drug-likeness (QED) is 0.0658. The maximum atomic E-state index is 13.5. The van der Waals surface area contributed by atoms with Crippen LogP contribution in [-0.2, 0) is 9.59 Å². The minimum absolute atomic E-state index is 0. The summed E-state index contributed by atoms with van der Waals surface area (Å²) in [4.78, 5) is 100. The second kappa shape index (κ2) is 26.6. The molecule has 2 aliphatic heterocycles. The molecule has 22 heteroatoms. The molecule has 2 aromatic carbocycles. The van der Waals surface area contributed by atoms with Crippen molar-refractivity contribution in [3.63, 3.8) is 0 Å². The van der Waals surface area contributed by atoms with Crippen molar-refractivity contribution in [2.24, 2.45) is 0 Å². The molecule has 0 radical (unpaired) electrons. The third kappa shape index (κ3) is 12.3. The zero-order chi connectivity index (χ0) is 56.1. The summed E-state index contributed by atoms with van der Waals surface area (Å²) in [6, 6.07) is 20.6. The first kappa shape index (κ1) is 56.5. The van der Waals surface area contributed by atoms with E-state index < -0.39 is 23.4 Å². The number of fused-ring (bicyclic) bond motifs is 2. The summed E-state index contributed by atoms with van der Waals surface area (Å²) in [5.41, 5.74) is 12.2. The number of methoxy groups -OCH3 is 2. The topological polar surface area (TPSA) is 283 Å². The van der Waals surface area contributed by atoms with E-state index in [2.05, 4.69) is 89.4 Å². The van der Waals surface area contributed by atoms with Crippen molar-refractivity contribution in [2.75, 3.05) is 40.4 Å². The number of nitrogens with zero attached hydrogens (tertiary/aromatic N) is 11. The number of nitrogens with one attached hydrogen (secondary N) is 3. The van der Waals surface area contributed by atoms with Crippen LogP contribution < -0.4 is 14.8 Å². The Bertz CT molecular complexity index is 3830. The average Bonchev–Trinajstić information content (AvgIpc) is 4.26. The summed E-state index contributed by atoms with van der Waals surface area (Å²) in [7, 11) is 2.92. The average molecular weight is 1120 g/mol. The van der Waals surface area contributed by atoms with Gasteiger partial charge in [-0.25, -0.2) is 14.8 Å². The molecule has 0 unspecified atom stereocenters. The highest BCUT2D eigenvalue weighted by Crippen LogP contribution is 2.37. The fourth-order valence-corrected chi connectivity index (χ4v) is 9.85. The molecule has 1 amide bonds. The third-order valence-electron chi connectivity index (χ3n) is 13.6. The van der Waals surface area contributed by atoms with Crippen LogP contribution in [-0.4, -0.2) is 134 Å². The molecule has 0 bridgehead atoms. The number of H-pyrrole nitrogens is 2. The maximum absolute atomic E-state index is 13.5. The van der Waals surface area contributed by atoms with Crippen LogP contribution in [0.25, 0.3) is 55.7 Å². The smallest absolute Gasteiger partial charge is 0.377 e. The molecule has 0 saturated carbocycles. The summed E-state index contributed by atoms with van der Waals surface area (Å²) in [5, 5.41) is 13.2. The summed E-state index contributed by atoms with van der Waals surface area (Å²) in [6.45, 7) is 2.93. The van der Waals surface area contributed by atoms with E-state index in [4.69, 9.17) is 14.6 Å². The molecule has 2 aliphatic rings. The molecule has 4 N–H and O–H groups in total. The highest BCUT2D eigenvalue weighted by Gasteiger charge is 2.31. The van der Waals surface area contributed by atoms with Gasteiger partial charge in [-0.3, -0.25) is 54.3 Å². The van der Waals surface area contributed by atoms with E-state index in [1.165, 1.54) is 79.9 Å². The number of carbonyl (C=O) groups excluding carboxylic acids is 3.